The summed E-state index contributed by atoms with van der Waals surface area (Å²) in [5.74, 6) is -59.5. The van der Waals surface area contributed by atoms with Crippen LogP contribution in [0.2, 0.25) is 0 Å². The number of rotatable bonds is 4. The molecule has 24 heteroatoms. The van der Waals surface area contributed by atoms with Gasteiger partial charge in [-0.1, -0.05) is 0 Å². The van der Waals surface area contributed by atoms with E-state index in [1.54, 1.807) is 0 Å². The van der Waals surface area contributed by atoms with Crippen LogP contribution < -0.4 is 0 Å². The van der Waals surface area contributed by atoms with Gasteiger partial charge in [-0.3, -0.25) is 4.74 Å². The zero-order chi connectivity index (χ0) is 29.9. The lowest BCUT2D eigenvalue weighted by Gasteiger charge is -2.74. The number of halogens is 22. The summed E-state index contributed by atoms with van der Waals surface area (Å²) in [7, 11) is 0. The van der Waals surface area contributed by atoms with E-state index in [0.29, 0.717) is 0 Å². The summed E-state index contributed by atoms with van der Waals surface area (Å²) in [6.07, 6.45) is -16.2. The van der Waals surface area contributed by atoms with E-state index < -0.39 is 76.3 Å². The van der Waals surface area contributed by atoms with Gasteiger partial charge in [-0.25, -0.2) is 22.0 Å². The van der Waals surface area contributed by atoms with Crippen molar-refractivity contribution in [1.82, 2.24) is 0 Å². The van der Waals surface area contributed by atoms with Gasteiger partial charge in [-0.15, -0.1) is 4.94 Å². The number of hydrogen-bond acceptors (Lipinski definition) is 2. The van der Waals surface area contributed by atoms with Gasteiger partial charge < -0.3 is 0 Å². The van der Waals surface area contributed by atoms with Crippen molar-refractivity contribution in [3.63, 3.8) is 0 Å². The van der Waals surface area contributed by atoms with Crippen LogP contribution in [-0.4, -0.2) is 76.3 Å². The van der Waals surface area contributed by atoms with Crippen molar-refractivity contribution in [2.75, 3.05) is 0 Å². The van der Waals surface area contributed by atoms with Crippen LogP contribution in [0.3, 0.4) is 0 Å². The van der Waals surface area contributed by atoms with Gasteiger partial charge in [0.1, 0.15) is 0 Å². The second-order valence-corrected chi connectivity index (χ2v) is 7.89. The van der Waals surface area contributed by atoms with Gasteiger partial charge in [-0.05, 0) is 4.53 Å². The molecule has 4 aliphatic rings. The Morgan fingerprint density at radius 3 is 0.865 bits per heavy atom. The van der Waals surface area contributed by atoms with Crippen molar-refractivity contribution in [2.24, 2.45) is 0 Å². The van der Waals surface area contributed by atoms with Gasteiger partial charge in [0.2, 0.25) is 0 Å². The summed E-state index contributed by atoms with van der Waals surface area (Å²) >= 11 is 0. The topological polar surface area (TPSA) is 18.5 Å². The van der Waals surface area contributed by atoms with E-state index in [9.17, 15) is 92.3 Å². The van der Waals surface area contributed by atoms with Crippen molar-refractivity contribution >= 4 is 0 Å². The molecular weight excluding hydrogens is 606 g/mol. The predicted octanol–water partition coefficient (Wildman–Crippen LogP) is 6.44. The minimum atomic E-state index is -8.74. The first-order valence-electron chi connectivity index (χ1n) is 8.24. The molecule has 4 aliphatic carbocycles. The van der Waals surface area contributed by atoms with Gasteiger partial charge in [0.05, 0.1) is 0 Å². The molecule has 4 fully saturated rings. The lowest BCUT2D eigenvalue weighted by molar-refractivity contribution is -0.636. The monoisotopic (exact) mass is 606 g/mol. The highest BCUT2D eigenvalue weighted by Gasteiger charge is 3.24. The Bertz CT molecular complexity index is 927. The van der Waals surface area contributed by atoms with E-state index >= 15 is 4.39 Å². The molecule has 1 unspecified atom stereocenters. The molecule has 218 valence electrons. The third-order valence-corrected chi connectivity index (χ3v) is 6.33. The molecule has 0 aromatic heterocycles. The molecule has 4 bridgehead atoms. The number of hydrogen-bond donors (Lipinski definition) is 0. The third-order valence-electron chi connectivity index (χ3n) is 6.33. The zero-order valence-electron chi connectivity index (χ0n) is 15.6. The van der Waals surface area contributed by atoms with Crippen molar-refractivity contribution in [3.8, 4) is 0 Å². The summed E-state index contributed by atoms with van der Waals surface area (Å²) in [4.78, 5) is 0.956. The average Bonchev–Trinajstić information content (AvgIpc) is 2.70. The molecule has 4 saturated carbocycles. The van der Waals surface area contributed by atoms with E-state index in [1.807, 2.05) is 0 Å². The maximum atomic E-state index is 15.1. The SMILES string of the molecule is FOC(F)(C(F)(F)F)C(F)(F)OC1(F)C2(F)C(F)(F)C3(F)C(F)(F)C(F)(C2(F)F)C(F)(F)C1(F)C3(F)F. The lowest BCUT2D eigenvalue weighted by atomic mass is 9.40. The third kappa shape index (κ3) is 2.03. The fourth-order valence-electron chi connectivity index (χ4n) is 4.45. The second-order valence-electron chi connectivity index (χ2n) is 7.89. The van der Waals surface area contributed by atoms with Crippen LogP contribution in [0.5, 0.6) is 0 Å². The molecule has 0 radical (unpaired) electrons. The Balaban J connectivity index is 2.59. The minimum Gasteiger partial charge on any atom is -0.271 e. The van der Waals surface area contributed by atoms with E-state index in [4.69, 9.17) is 0 Å². The van der Waals surface area contributed by atoms with Crippen molar-refractivity contribution < 1.29 is 106 Å². The Labute approximate surface area is 184 Å². The maximum absolute atomic E-state index is 15.1. The van der Waals surface area contributed by atoms with Gasteiger partial charge in [0.25, 0.3) is 0 Å². The van der Waals surface area contributed by atoms with Crippen LogP contribution in [0.25, 0.3) is 0 Å². The van der Waals surface area contributed by atoms with Gasteiger partial charge in [0, 0.05) is 0 Å². The first-order valence-corrected chi connectivity index (χ1v) is 8.24. The van der Waals surface area contributed by atoms with Crippen LogP contribution in [0.1, 0.15) is 0 Å². The van der Waals surface area contributed by atoms with Crippen molar-refractivity contribution in [1.29, 1.82) is 0 Å². The van der Waals surface area contributed by atoms with Crippen LogP contribution in [0.15, 0.2) is 0 Å². The highest BCUT2D eigenvalue weighted by molar-refractivity contribution is 5.54. The zero-order valence-corrected chi connectivity index (χ0v) is 15.6. The van der Waals surface area contributed by atoms with Gasteiger partial charge in [0.15, 0.2) is 0 Å². The largest absolute Gasteiger partial charge is 0.461 e. The highest BCUT2D eigenvalue weighted by atomic mass is 19.4. The van der Waals surface area contributed by atoms with Gasteiger partial charge in [-0.2, -0.15) is 70.2 Å². The Morgan fingerprint density at radius 2 is 0.649 bits per heavy atom. The molecule has 0 N–H and O–H groups in total. The average molecular weight is 606 g/mol. The second kappa shape index (κ2) is 6.24. The summed E-state index contributed by atoms with van der Waals surface area (Å²) in [6, 6.07) is 0. The van der Waals surface area contributed by atoms with Gasteiger partial charge >= 0.3 is 76.3 Å². The van der Waals surface area contributed by atoms with Crippen LogP contribution in [0.4, 0.5) is 96.7 Å². The smallest absolute Gasteiger partial charge is 0.271 e. The molecule has 0 aromatic carbocycles. The fraction of sp³-hybridized carbons (Fsp3) is 1.00. The van der Waals surface area contributed by atoms with E-state index in [-0.39, 0.29) is 0 Å². The molecule has 0 aromatic rings. The molecule has 1 atom stereocenters. The normalized spacial score (nSPS) is 46.5. The molecule has 0 saturated heterocycles. The standard InChI is InChI=1S/C13F22O2/c14-1-5(18,19)2(15)8(24,25)3(16,6(1,20)21)10(28,4(17,7(1,22)23)9(2,26)27)36-13(33,34)11(29,37-35)12(30,31)32. The predicted molar refractivity (Wildman–Crippen MR) is 62.0 cm³/mol. The summed E-state index contributed by atoms with van der Waals surface area (Å²) in [6.45, 7) is 0. The lowest BCUT2D eigenvalue weighted by Crippen LogP contribution is -3.09. The molecule has 4 rings (SSSR count). The summed E-state index contributed by atoms with van der Waals surface area (Å²) in [5.41, 5.74) is -34.1. The molecule has 0 amide bonds. The molecule has 37 heavy (non-hydrogen) atoms. The highest BCUT2D eigenvalue weighted by Crippen LogP contribution is 2.89. The Morgan fingerprint density at radius 1 is 0.405 bits per heavy atom. The molecule has 0 aliphatic heterocycles. The number of alkyl halides is 21. The Hall–Kier alpha value is -1.62. The minimum absolute atomic E-state index is 0.956. The van der Waals surface area contributed by atoms with Crippen molar-refractivity contribution in [2.45, 2.75) is 76.3 Å². The van der Waals surface area contributed by atoms with Crippen molar-refractivity contribution in [3.05, 3.63) is 0 Å². The molecular formula is C13F22O2. The molecule has 0 heterocycles. The summed E-state index contributed by atoms with van der Waals surface area (Å²) in [5, 5.41) is 0. The van der Waals surface area contributed by atoms with E-state index in [0.717, 1.165) is 4.94 Å². The Kier molecular flexibility index (Phi) is 5.04. The maximum Gasteiger partial charge on any atom is 0.461 e. The first-order chi connectivity index (χ1) is 15.8. The van der Waals surface area contributed by atoms with Crippen LogP contribution >= 0.6 is 0 Å². The molecule has 2 nitrogen and oxygen atoms in total. The summed E-state index contributed by atoms with van der Waals surface area (Å²) < 4.78 is 308. The fourth-order valence-corrected chi connectivity index (χ4v) is 4.45. The van der Waals surface area contributed by atoms with E-state index in [2.05, 4.69) is 0 Å². The number of ether oxygens (including phenoxy) is 1. The van der Waals surface area contributed by atoms with Crippen LogP contribution in [-0.2, 0) is 9.68 Å². The molecule has 0 spiro atoms. The van der Waals surface area contributed by atoms with Crippen LogP contribution in [0, 0.1) is 0 Å². The quantitative estimate of drug-likeness (QED) is 0.344. The first kappa shape index (κ1) is 29.9. The van der Waals surface area contributed by atoms with E-state index in [1.165, 1.54) is 4.74 Å².